The van der Waals surface area contributed by atoms with Crippen molar-refractivity contribution in [2.75, 3.05) is 0 Å². The molecule has 124 valence electrons. The molecular weight excluding hydrogens is 358 g/mol. The van der Waals surface area contributed by atoms with E-state index in [2.05, 4.69) is 9.97 Å². The average Bonchev–Trinajstić information content (AvgIpc) is 3.26. The summed E-state index contributed by atoms with van der Waals surface area (Å²) >= 11 is 2.91. The molecule has 0 radical (unpaired) electrons. The van der Waals surface area contributed by atoms with Crippen LogP contribution in [0.4, 0.5) is 0 Å². The summed E-state index contributed by atoms with van der Waals surface area (Å²) in [4.78, 5) is 34.5. The first-order chi connectivity index (χ1) is 12.1. The standard InChI is InChI=1S/C17H11N3O3S2/c21-13(22)8-20-15(10-3-5-18-6-4-10)19-16-14(17(20)23)11(9-25-16)12-2-1-7-24-12/h1-7,9H,8H2,(H,21,22). The van der Waals surface area contributed by atoms with Crippen LogP contribution >= 0.6 is 22.7 Å². The lowest BCUT2D eigenvalue weighted by atomic mass is 10.2. The second-order valence-electron chi connectivity index (χ2n) is 5.26. The molecule has 0 aliphatic carbocycles. The molecule has 25 heavy (non-hydrogen) atoms. The largest absolute Gasteiger partial charge is 0.480 e. The highest BCUT2D eigenvalue weighted by Crippen LogP contribution is 2.34. The third-order valence-corrected chi connectivity index (χ3v) is 5.49. The Bertz CT molecular complexity index is 1120. The van der Waals surface area contributed by atoms with E-state index in [4.69, 9.17) is 0 Å². The Labute approximate surface area is 149 Å². The number of pyridine rings is 1. The van der Waals surface area contributed by atoms with Crippen molar-refractivity contribution in [2.45, 2.75) is 6.54 Å². The number of rotatable bonds is 4. The smallest absolute Gasteiger partial charge is 0.323 e. The third kappa shape index (κ3) is 2.75. The number of fused-ring (bicyclic) bond motifs is 1. The monoisotopic (exact) mass is 369 g/mol. The molecule has 0 bridgehead atoms. The van der Waals surface area contributed by atoms with Crippen LogP contribution in [0.1, 0.15) is 0 Å². The predicted molar refractivity (Wildman–Crippen MR) is 98.1 cm³/mol. The van der Waals surface area contributed by atoms with Crippen LogP contribution in [0.5, 0.6) is 0 Å². The molecule has 0 saturated carbocycles. The first-order valence-electron chi connectivity index (χ1n) is 7.33. The summed E-state index contributed by atoms with van der Waals surface area (Å²) in [5, 5.41) is 13.5. The fraction of sp³-hybridized carbons (Fsp3) is 0.0588. The van der Waals surface area contributed by atoms with Gasteiger partial charge in [0, 0.05) is 33.8 Å². The number of carboxylic acids is 1. The lowest BCUT2D eigenvalue weighted by Crippen LogP contribution is -2.26. The number of aliphatic carboxylic acids is 1. The van der Waals surface area contributed by atoms with E-state index in [1.54, 1.807) is 24.5 Å². The molecule has 4 aromatic rings. The second kappa shape index (κ2) is 6.23. The van der Waals surface area contributed by atoms with Crippen LogP contribution in [-0.4, -0.2) is 25.6 Å². The quantitative estimate of drug-likeness (QED) is 0.596. The molecule has 0 aromatic carbocycles. The molecular formula is C17H11N3O3S2. The molecule has 8 heteroatoms. The lowest BCUT2D eigenvalue weighted by Gasteiger charge is -2.10. The van der Waals surface area contributed by atoms with Gasteiger partial charge in [-0.15, -0.1) is 22.7 Å². The van der Waals surface area contributed by atoms with Crippen molar-refractivity contribution in [3.8, 4) is 21.8 Å². The second-order valence-corrected chi connectivity index (χ2v) is 7.07. The molecule has 0 amide bonds. The van der Waals surface area contributed by atoms with Gasteiger partial charge in [0.05, 0.1) is 5.39 Å². The molecule has 0 spiro atoms. The van der Waals surface area contributed by atoms with Crippen molar-refractivity contribution in [3.63, 3.8) is 0 Å². The van der Waals surface area contributed by atoms with E-state index in [0.717, 1.165) is 10.4 Å². The summed E-state index contributed by atoms with van der Waals surface area (Å²) in [6.45, 7) is -0.445. The summed E-state index contributed by atoms with van der Waals surface area (Å²) in [5.41, 5.74) is 1.11. The fourth-order valence-corrected chi connectivity index (χ4v) is 4.39. The van der Waals surface area contributed by atoms with Gasteiger partial charge in [-0.25, -0.2) is 4.98 Å². The highest BCUT2D eigenvalue weighted by Gasteiger charge is 2.19. The number of hydrogen-bond acceptors (Lipinski definition) is 6. The van der Waals surface area contributed by atoms with Crippen LogP contribution in [0.2, 0.25) is 0 Å². The highest BCUT2D eigenvalue weighted by molar-refractivity contribution is 7.18. The van der Waals surface area contributed by atoms with Gasteiger partial charge < -0.3 is 5.11 Å². The van der Waals surface area contributed by atoms with Gasteiger partial charge in [-0.3, -0.25) is 19.1 Å². The molecule has 0 unspecified atom stereocenters. The molecule has 0 aliphatic rings. The van der Waals surface area contributed by atoms with Crippen LogP contribution in [0.25, 0.3) is 32.0 Å². The zero-order chi connectivity index (χ0) is 17.4. The maximum Gasteiger partial charge on any atom is 0.323 e. The minimum absolute atomic E-state index is 0.335. The van der Waals surface area contributed by atoms with Gasteiger partial charge in [-0.1, -0.05) is 6.07 Å². The minimum atomic E-state index is -1.09. The number of carboxylic acid groups (broad SMARTS) is 1. The predicted octanol–water partition coefficient (Wildman–Crippen LogP) is 3.33. The van der Waals surface area contributed by atoms with Crippen molar-refractivity contribution in [1.82, 2.24) is 14.5 Å². The first kappa shape index (κ1) is 15.7. The summed E-state index contributed by atoms with van der Waals surface area (Å²) in [6.07, 6.45) is 3.17. The lowest BCUT2D eigenvalue weighted by molar-refractivity contribution is -0.137. The number of aromatic nitrogens is 3. The van der Waals surface area contributed by atoms with Crippen molar-refractivity contribution in [1.29, 1.82) is 0 Å². The summed E-state index contributed by atoms with van der Waals surface area (Å²) < 4.78 is 1.21. The van der Waals surface area contributed by atoms with E-state index in [0.29, 0.717) is 21.6 Å². The van der Waals surface area contributed by atoms with E-state index >= 15 is 0 Å². The van der Waals surface area contributed by atoms with Crippen molar-refractivity contribution < 1.29 is 9.90 Å². The van der Waals surface area contributed by atoms with Crippen LogP contribution in [0, 0.1) is 0 Å². The van der Waals surface area contributed by atoms with Gasteiger partial charge in [0.1, 0.15) is 17.2 Å². The molecule has 4 rings (SSSR count). The molecule has 6 nitrogen and oxygen atoms in total. The van der Waals surface area contributed by atoms with Crippen LogP contribution in [0.3, 0.4) is 0 Å². The number of thiophene rings is 2. The maximum atomic E-state index is 13.1. The van der Waals surface area contributed by atoms with Gasteiger partial charge in [-0.05, 0) is 23.6 Å². The van der Waals surface area contributed by atoms with Crippen LogP contribution in [-0.2, 0) is 11.3 Å². The van der Waals surface area contributed by atoms with Crippen LogP contribution in [0.15, 0.2) is 52.2 Å². The van der Waals surface area contributed by atoms with Gasteiger partial charge in [0.2, 0.25) is 0 Å². The van der Waals surface area contributed by atoms with Crippen molar-refractivity contribution in [2.24, 2.45) is 0 Å². The Kier molecular flexibility index (Phi) is 3.90. The topological polar surface area (TPSA) is 85.1 Å². The molecule has 4 heterocycles. The minimum Gasteiger partial charge on any atom is -0.480 e. The maximum absolute atomic E-state index is 13.1. The molecule has 0 saturated heterocycles. The molecule has 0 atom stereocenters. The van der Waals surface area contributed by atoms with Gasteiger partial charge in [0.25, 0.3) is 5.56 Å². The van der Waals surface area contributed by atoms with E-state index in [9.17, 15) is 14.7 Å². The van der Waals surface area contributed by atoms with Gasteiger partial charge >= 0.3 is 5.97 Å². The van der Waals surface area contributed by atoms with Crippen LogP contribution < -0.4 is 5.56 Å². The SMILES string of the molecule is O=C(O)Cn1c(-c2ccncc2)nc2scc(-c3cccs3)c2c1=O. The highest BCUT2D eigenvalue weighted by atomic mass is 32.1. The summed E-state index contributed by atoms with van der Waals surface area (Å²) in [5.74, 6) is -0.756. The summed E-state index contributed by atoms with van der Waals surface area (Å²) in [6, 6.07) is 7.27. The van der Waals surface area contributed by atoms with Crippen molar-refractivity contribution in [3.05, 3.63) is 57.8 Å². The zero-order valence-electron chi connectivity index (χ0n) is 12.7. The Morgan fingerprint density at radius 3 is 2.68 bits per heavy atom. The van der Waals surface area contributed by atoms with E-state index < -0.39 is 12.5 Å². The van der Waals surface area contributed by atoms with Crippen molar-refractivity contribution >= 4 is 38.9 Å². The molecule has 1 N–H and O–H groups in total. The number of carbonyl (C=O) groups is 1. The van der Waals surface area contributed by atoms with E-state index in [1.807, 2.05) is 22.9 Å². The Morgan fingerprint density at radius 1 is 1.20 bits per heavy atom. The number of hydrogen-bond donors (Lipinski definition) is 1. The van der Waals surface area contributed by atoms with E-state index in [1.165, 1.54) is 27.2 Å². The zero-order valence-corrected chi connectivity index (χ0v) is 14.4. The number of nitrogens with zero attached hydrogens (tertiary/aromatic N) is 3. The third-order valence-electron chi connectivity index (χ3n) is 3.71. The first-order valence-corrected chi connectivity index (χ1v) is 9.09. The molecule has 0 fully saturated rings. The molecule has 0 aliphatic heterocycles. The van der Waals surface area contributed by atoms with Gasteiger partial charge in [-0.2, -0.15) is 0 Å². The molecule has 4 aromatic heterocycles. The fourth-order valence-electron chi connectivity index (χ4n) is 2.64. The Hall–Kier alpha value is -2.84. The summed E-state index contributed by atoms with van der Waals surface area (Å²) in [7, 11) is 0. The Morgan fingerprint density at radius 2 is 2.00 bits per heavy atom. The average molecular weight is 369 g/mol. The Balaban J connectivity index is 2.04. The normalized spacial score (nSPS) is 11.0. The van der Waals surface area contributed by atoms with E-state index in [-0.39, 0.29) is 5.56 Å². The van der Waals surface area contributed by atoms with Gasteiger partial charge in [0.15, 0.2) is 0 Å².